The van der Waals surface area contributed by atoms with Gasteiger partial charge in [-0.25, -0.2) is 0 Å². The number of benzene rings is 1. The molecule has 2 aromatic rings. The number of anilines is 1. The van der Waals surface area contributed by atoms with E-state index in [9.17, 15) is 4.79 Å². The van der Waals surface area contributed by atoms with Crippen LogP contribution in [0.4, 0.5) is 5.69 Å². The molecule has 1 amide bonds. The van der Waals surface area contributed by atoms with Gasteiger partial charge in [0.2, 0.25) is 0 Å². The van der Waals surface area contributed by atoms with Crippen LogP contribution in [0.2, 0.25) is 0 Å². The minimum atomic E-state index is -0.715. The third-order valence-corrected chi connectivity index (χ3v) is 3.10. The van der Waals surface area contributed by atoms with Crippen LogP contribution in [0.5, 0.6) is 5.75 Å². The Labute approximate surface area is 130 Å². The average molecular weight is 346 g/mol. The maximum absolute atomic E-state index is 12.1. The van der Waals surface area contributed by atoms with Gasteiger partial charge < -0.3 is 10.1 Å². The van der Waals surface area contributed by atoms with Gasteiger partial charge in [0.05, 0.1) is 17.4 Å². The van der Waals surface area contributed by atoms with Crippen molar-refractivity contribution in [2.75, 3.05) is 5.32 Å². The van der Waals surface area contributed by atoms with Crippen LogP contribution in [-0.4, -0.2) is 17.0 Å². The summed E-state index contributed by atoms with van der Waals surface area (Å²) in [4.78, 5) is 16.1. The number of amides is 1. The molecule has 0 saturated heterocycles. The van der Waals surface area contributed by atoms with E-state index in [1.165, 1.54) is 6.20 Å². The molecule has 5 nitrogen and oxygen atoms in total. The van der Waals surface area contributed by atoms with Crippen molar-refractivity contribution in [3.05, 3.63) is 52.8 Å². The van der Waals surface area contributed by atoms with E-state index in [0.717, 1.165) is 4.47 Å². The number of aromatic nitrogens is 1. The minimum Gasteiger partial charge on any atom is -0.479 e. The predicted octanol–water partition coefficient (Wildman–Crippen LogP) is 3.12. The Hall–Kier alpha value is -2.39. The predicted molar refractivity (Wildman–Crippen MR) is 81.8 cm³/mol. The van der Waals surface area contributed by atoms with Crippen LogP contribution in [0.1, 0.15) is 12.5 Å². The lowest BCUT2D eigenvalue weighted by Gasteiger charge is -2.15. The molecule has 0 bridgehead atoms. The average Bonchev–Trinajstić information content (AvgIpc) is 2.47. The first-order valence-corrected chi connectivity index (χ1v) is 6.96. The van der Waals surface area contributed by atoms with Gasteiger partial charge in [-0.3, -0.25) is 9.78 Å². The standard InChI is InChI=1S/C15H12BrN3O2/c1-10(21-13-6-12(16)8-18-9-13)15(20)19-14-5-3-2-4-11(14)7-17/h2-6,8-10H,1H3,(H,19,20). The summed E-state index contributed by atoms with van der Waals surface area (Å²) in [6.07, 6.45) is 2.44. The maximum Gasteiger partial charge on any atom is 0.265 e. The molecule has 2 rings (SSSR count). The van der Waals surface area contributed by atoms with E-state index in [1.54, 1.807) is 43.5 Å². The molecule has 0 aliphatic rings. The molecule has 1 heterocycles. The Balaban J connectivity index is 2.05. The van der Waals surface area contributed by atoms with E-state index in [0.29, 0.717) is 17.0 Å². The van der Waals surface area contributed by atoms with Gasteiger partial charge in [-0.05, 0) is 41.1 Å². The number of nitrogens with zero attached hydrogens (tertiary/aromatic N) is 2. The number of nitrogens with one attached hydrogen (secondary N) is 1. The number of pyridine rings is 1. The monoisotopic (exact) mass is 345 g/mol. The van der Waals surface area contributed by atoms with Gasteiger partial charge in [0.25, 0.3) is 5.91 Å². The van der Waals surface area contributed by atoms with E-state index in [-0.39, 0.29) is 5.91 Å². The normalized spacial score (nSPS) is 11.3. The number of carbonyl (C=O) groups is 1. The molecular weight excluding hydrogens is 334 g/mol. The summed E-state index contributed by atoms with van der Waals surface area (Å²) in [7, 11) is 0. The highest BCUT2D eigenvalue weighted by Crippen LogP contribution is 2.18. The molecule has 1 atom stereocenters. The quantitative estimate of drug-likeness (QED) is 0.923. The fourth-order valence-electron chi connectivity index (χ4n) is 1.64. The van der Waals surface area contributed by atoms with Gasteiger partial charge in [-0.2, -0.15) is 5.26 Å². The molecule has 0 aliphatic carbocycles. The number of rotatable bonds is 4. The highest BCUT2D eigenvalue weighted by atomic mass is 79.9. The molecule has 0 fully saturated rings. The second-order valence-corrected chi connectivity index (χ2v) is 5.16. The third kappa shape index (κ3) is 4.04. The first kappa shape index (κ1) is 15.0. The number of carbonyl (C=O) groups excluding carboxylic acids is 1. The van der Waals surface area contributed by atoms with Crippen molar-refractivity contribution < 1.29 is 9.53 Å². The molecule has 1 aromatic heterocycles. The van der Waals surface area contributed by atoms with Gasteiger partial charge in [-0.15, -0.1) is 0 Å². The molecular formula is C15H12BrN3O2. The van der Waals surface area contributed by atoms with Crippen molar-refractivity contribution in [1.29, 1.82) is 5.26 Å². The summed E-state index contributed by atoms with van der Waals surface area (Å²) in [5.41, 5.74) is 0.870. The van der Waals surface area contributed by atoms with Crippen LogP contribution in [0.25, 0.3) is 0 Å². The Morgan fingerprint density at radius 3 is 2.90 bits per heavy atom. The maximum atomic E-state index is 12.1. The Bertz CT molecular complexity index is 697. The van der Waals surface area contributed by atoms with Gasteiger partial charge in [-0.1, -0.05) is 12.1 Å². The van der Waals surface area contributed by atoms with Crippen LogP contribution in [0, 0.1) is 11.3 Å². The van der Waals surface area contributed by atoms with Crippen LogP contribution in [0.3, 0.4) is 0 Å². The molecule has 21 heavy (non-hydrogen) atoms. The van der Waals surface area contributed by atoms with Crippen molar-refractivity contribution in [2.45, 2.75) is 13.0 Å². The zero-order valence-corrected chi connectivity index (χ0v) is 12.8. The lowest BCUT2D eigenvalue weighted by atomic mass is 10.2. The van der Waals surface area contributed by atoms with E-state index >= 15 is 0 Å². The lowest BCUT2D eigenvalue weighted by Crippen LogP contribution is -2.30. The topological polar surface area (TPSA) is 75.0 Å². The van der Waals surface area contributed by atoms with Gasteiger partial charge in [0.15, 0.2) is 6.10 Å². The molecule has 1 N–H and O–H groups in total. The summed E-state index contributed by atoms with van der Waals surface area (Å²) in [5.74, 6) is 0.151. The van der Waals surface area contributed by atoms with Crippen molar-refractivity contribution >= 4 is 27.5 Å². The number of nitriles is 1. The number of halogens is 1. The molecule has 0 spiro atoms. The second kappa shape index (κ2) is 6.86. The highest BCUT2D eigenvalue weighted by molar-refractivity contribution is 9.10. The number of hydrogen-bond acceptors (Lipinski definition) is 4. The summed E-state index contributed by atoms with van der Waals surface area (Å²) in [5, 5.41) is 11.7. The summed E-state index contributed by atoms with van der Waals surface area (Å²) in [6.45, 7) is 1.63. The van der Waals surface area contributed by atoms with E-state index < -0.39 is 6.10 Å². The molecule has 106 valence electrons. The summed E-state index contributed by atoms with van der Waals surface area (Å²) >= 11 is 3.28. The van der Waals surface area contributed by atoms with Crippen LogP contribution in [0.15, 0.2) is 47.2 Å². The van der Waals surface area contributed by atoms with Crippen molar-refractivity contribution in [2.24, 2.45) is 0 Å². The number of para-hydroxylation sites is 1. The smallest absolute Gasteiger partial charge is 0.265 e. The van der Waals surface area contributed by atoms with E-state index in [2.05, 4.69) is 26.2 Å². The molecule has 1 unspecified atom stereocenters. The Morgan fingerprint density at radius 1 is 1.43 bits per heavy atom. The molecule has 0 saturated carbocycles. The SMILES string of the molecule is CC(Oc1cncc(Br)c1)C(=O)Nc1ccccc1C#N. The summed E-state index contributed by atoms with van der Waals surface area (Å²) < 4.78 is 6.28. The van der Waals surface area contributed by atoms with E-state index in [4.69, 9.17) is 10.00 Å². The van der Waals surface area contributed by atoms with Gasteiger partial charge in [0, 0.05) is 10.7 Å². The van der Waals surface area contributed by atoms with E-state index in [1.807, 2.05) is 6.07 Å². The molecule has 1 aromatic carbocycles. The zero-order chi connectivity index (χ0) is 15.2. The summed E-state index contributed by atoms with van der Waals surface area (Å²) in [6, 6.07) is 10.5. The fraction of sp³-hybridized carbons (Fsp3) is 0.133. The highest BCUT2D eigenvalue weighted by Gasteiger charge is 2.16. The second-order valence-electron chi connectivity index (χ2n) is 4.25. The first-order chi connectivity index (χ1) is 10.1. The fourth-order valence-corrected chi connectivity index (χ4v) is 1.98. The molecule has 6 heteroatoms. The van der Waals surface area contributed by atoms with Crippen molar-refractivity contribution in [1.82, 2.24) is 4.98 Å². The lowest BCUT2D eigenvalue weighted by molar-refractivity contribution is -0.122. The van der Waals surface area contributed by atoms with Gasteiger partial charge >= 0.3 is 0 Å². The largest absolute Gasteiger partial charge is 0.479 e. The zero-order valence-electron chi connectivity index (χ0n) is 11.2. The number of ether oxygens (including phenoxy) is 1. The molecule has 0 radical (unpaired) electrons. The Morgan fingerprint density at radius 2 is 2.19 bits per heavy atom. The molecule has 0 aliphatic heterocycles. The van der Waals surface area contributed by atoms with Crippen LogP contribution < -0.4 is 10.1 Å². The van der Waals surface area contributed by atoms with Crippen molar-refractivity contribution in [3.8, 4) is 11.8 Å². The minimum absolute atomic E-state index is 0.335. The van der Waals surface area contributed by atoms with Crippen LogP contribution >= 0.6 is 15.9 Å². The van der Waals surface area contributed by atoms with Crippen LogP contribution in [-0.2, 0) is 4.79 Å². The third-order valence-electron chi connectivity index (χ3n) is 2.67. The first-order valence-electron chi connectivity index (χ1n) is 6.17. The number of hydrogen-bond donors (Lipinski definition) is 1. The Kier molecular flexibility index (Phi) is 4.90. The van der Waals surface area contributed by atoms with Crippen molar-refractivity contribution in [3.63, 3.8) is 0 Å². The van der Waals surface area contributed by atoms with Gasteiger partial charge in [0.1, 0.15) is 11.8 Å².